The molecule has 1 aromatic heterocycles. The Bertz CT molecular complexity index is 639. The van der Waals surface area contributed by atoms with Gasteiger partial charge in [-0.25, -0.2) is 4.98 Å². The number of carbonyl (C=O) groups excluding carboxylic acids is 1. The third kappa shape index (κ3) is 5.26. The molecule has 5 heteroatoms. The first-order chi connectivity index (χ1) is 11.6. The number of amides is 1. The molecule has 2 N–H and O–H groups in total. The third-order valence-electron chi connectivity index (χ3n) is 3.88. The fourth-order valence-electron chi connectivity index (χ4n) is 2.20. The Labute approximate surface area is 143 Å². The van der Waals surface area contributed by atoms with Crippen molar-refractivity contribution in [3.8, 4) is 5.75 Å². The summed E-state index contributed by atoms with van der Waals surface area (Å²) < 4.78 is 5.13. The van der Waals surface area contributed by atoms with Crippen LogP contribution in [0.25, 0.3) is 0 Å². The van der Waals surface area contributed by atoms with E-state index < -0.39 is 0 Å². The Morgan fingerprint density at radius 2 is 1.96 bits per heavy atom. The minimum Gasteiger partial charge on any atom is -0.497 e. The summed E-state index contributed by atoms with van der Waals surface area (Å²) in [6.45, 7) is 4.80. The highest BCUT2D eigenvalue weighted by molar-refractivity contribution is 5.92. The van der Waals surface area contributed by atoms with Gasteiger partial charge in [0.15, 0.2) is 0 Å². The number of nitrogens with zero attached hydrogens (tertiary/aromatic N) is 1. The van der Waals surface area contributed by atoms with Crippen molar-refractivity contribution >= 4 is 11.6 Å². The van der Waals surface area contributed by atoms with E-state index >= 15 is 0 Å². The minimum atomic E-state index is -0.154. The molecule has 128 valence electrons. The lowest BCUT2D eigenvalue weighted by Crippen LogP contribution is -2.26. The largest absolute Gasteiger partial charge is 0.497 e. The van der Waals surface area contributed by atoms with Crippen LogP contribution >= 0.6 is 0 Å². The van der Waals surface area contributed by atoms with Gasteiger partial charge >= 0.3 is 0 Å². The highest BCUT2D eigenvalue weighted by Crippen LogP contribution is 2.12. The molecule has 1 unspecified atom stereocenters. The van der Waals surface area contributed by atoms with Crippen LogP contribution in [-0.4, -0.2) is 30.6 Å². The maximum Gasteiger partial charge on any atom is 0.269 e. The second-order valence-electron chi connectivity index (χ2n) is 5.74. The number of rotatable bonds is 8. The summed E-state index contributed by atoms with van der Waals surface area (Å²) in [5.41, 5.74) is 2.51. The molecule has 0 saturated heterocycles. The zero-order valence-electron chi connectivity index (χ0n) is 14.5. The van der Waals surface area contributed by atoms with Crippen molar-refractivity contribution in [2.75, 3.05) is 19.0 Å². The first-order valence-corrected chi connectivity index (χ1v) is 8.26. The molecule has 2 aromatic rings. The van der Waals surface area contributed by atoms with Gasteiger partial charge in [0.05, 0.1) is 19.0 Å². The van der Waals surface area contributed by atoms with Crippen molar-refractivity contribution in [1.29, 1.82) is 0 Å². The first-order valence-electron chi connectivity index (χ1n) is 8.26. The number of ether oxygens (including phenoxy) is 1. The van der Waals surface area contributed by atoms with E-state index in [4.69, 9.17) is 4.74 Å². The standard InChI is InChI=1S/C19H25N3O2/c1-4-14(2)22-16-7-10-18(21-13-16)19(23)20-12-11-15-5-8-17(24-3)9-6-15/h5-10,13-14,22H,4,11-12H2,1-3H3,(H,20,23). The van der Waals surface area contributed by atoms with E-state index in [-0.39, 0.29) is 5.91 Å². The molecule has 0 bridgehead atoms. The van der Waals surface area contributed by atoms with Crippen molar-refractivity contribution in [3.05, 3.63) is 53.9 Å². The van der Waals surface area contributed by atoms with Crippen LogP contribution in [-0.2, 0) is 6.42 Å². The number of aromatic nitrogens is 1. The summed E-state index contributed by atoms with van der Waals surface area (Å²) in [5, 5.41) is 6.22. The number of pyridine rings is 1. The molecule has 0 aliphatic carbocycles. The molecule has 1 heterocycles. The maximum atomic E-state index is 12.1. The summed E-state index contributed by atoms with van der Waals surface area (Å²) in [6, 6.07) is 11.8. The molecule has 24 heavy (non-hydrogen) atoms. The Kier molecular flexibility index (Phi) is 6.61. The predicted octanol–water partition coefficient (Wildman–Crippen LogP) is 3.27. The summed E-state index contributed by atoms with van der Waals surface area (Å²) >= 11 is 0. The van der Waals surface area contributed by atoms with Gasteiger partial charge in [-0.05, 0) is 49.6 Å². The fourth-order valence-corrected chi connectivity index (χ4v) is 2.20. The van der Waals surface area contributed by atoms with Crippen LogP contribution in [0.3, 0.4) is 0 Å². The van der Waals surface area contributed by atoms with Gasteiger partial charge in [0.2, 0.25) is 0 Å². The van der Waals surface area contributed by atoms with Gasteiger partial charge in [0, 0.05) is 12.6 Å². The lowest BCUT2D eigenvalue weighted by atomic mass is 10.1. The summed E-state index contributed by atoms with van der Waals surface area (Å²) in [6.07, 6.45) is 3.50. The van der Waals surface area contributed by atoms with E-state index in [0.717, 1.165) is 29.8 Å². The monoisotopic (exact) mass is 327 g/mol. The SMILES string of the molecule is CCC(C)Nc1ccc(C(=O)NCCc2ccc(OC)cc2)nc1. The summed E-state index contributed by atoms with van der Waals surface area (Å²) in [5.74, 6) is 0.677. The van der Waals surface area contributed by atoms with Gasteiger partial charge in [-0.3, -0.25) is 4.79 Å². The Hall–Kier alpha value is -2.56. The first kappa shape index (κ1) is 17.8. The highest BCUT2D eigenvalue weighted by Gasteiger charge is 2.07. The summed E-state index contributed by atoms with van der Waals surface area (Å²) in [7, 11) is 1.64. The van der Waals surface area contributed by atoms with E-state index in [9.17, 15) is 4.79 Å². The van der Waals surface area contributed by atoms with Crippen LogP contribution in [0, 0.1) is 0 Å². The molecule has 0 aliphatic rings. The molecule has 5 nitrogen and oxygen atoms in total. The minimum absolute atomic E-state index is 0.154. The van der Waals surface area contributed by atoms with Crippen molar-refractivity contribution < 1.29 is 9.53 Å². The van der Waals surface area contributed by atoms with E-state index in [2.05, 4.69) is 29.5 Å². The molecule has 0 spiro atoms. The third-order valence-corrected chi connectivity index (χ3v) is 3.88. The van der Waals surface area contributed by atoms with Gasteiger partial charge in [-0.15, -0.1) is 0 Å². The van der Waals surface area contributed by atoms with Crippen molar-refractivity contribution in [3.63, 3.8) is 0 Å². The molecular weight excluding hydrogens is 302 g/mol. The van der Waals surface area contributed by atoms with E-state index in [1.807, 2.05) is 30.3 Å². The van der Waals surface area contributed by atoms with Crippen LogP contribution in [0.2, 0.25) is 0 Å². The molecule has 1 amide bonds. The topological polar surface area (TPSA) is 63.2 Å². The summed E-state index contributed by atoms with van der Waals surface area (Å²) in [4.78, 5) is 16.3. The van der Waals surface area contributed by atoms with Gasteiger partial charge in [0.1, 0.15) is 11.4 Å². The van der Waals surface area contributed by atoms with Crippen LogP contribution in [0.15, 0.2) is 42.6 Å². The zero-order valence-corrected chi connectivity index (χ0v) is 14.5. The molecule has 0 fully saturated rings. The van der Waals surface area contributed by atoms with Gasteiger partial charge in [-0.1, -0.05) is 19.1 Å². The fraction of sp³-hybridized carbons (Fsp3) is 0.368. The Morgan fingerprint density at radius 1 is 1.21 bits per heavy atom. The van der Waals surface area contributed by atoms with Crippen LogP contribution in [0.1, 0.15) is 36.3 Å². The second-order valence-corrected chi connectivity index (χ2v) is 5.74. The molecule has 0 saturated carbocycles. The normalized spacial score (nSPS) is 11.6. The Balaban J connectivity index is 1.81. The quantitative estimate of drug-likeness (QED) is 0.781. The molecular formula is C19H25N3O2. The smallest absolute Gasteiger partial charge is 0.269 e. The zero-order chi connectivity index (χ0) is 17.4. The number of nitrogens with one attached hydrogen (secondary N) is 2. The molecule has 0 aliphatic heterocycles. The number of methoxy groups -OCH3 is 1. The molecule has 1 atom stereocenters. The predicted molar refractivity (Wildman–Crippen MR) is 96.6 cm³/mol. The van der Waals surface area contributed by atoms with Crippen LogP contribution < -0.4 is 15.4 Å². The number of benzene rings is 1. The van der Waals surface area contributed by atoms with E-state index in [0.29, 0.717) is 18.3 Å². The maximum absolute atomic E-state index is 12.1. The number of anilines is 1. The van der Waals surface area contributed by atoms with Crippen molar-refractivity contribution in [2.24, 2.45) is 0 Å². The van der Waals surface area contributed by atoms with Gasteiger partial charge < -0.3 is 15.4 Å². The molecule has 2 rings (SSSR count). The lowest BCUT2D eigenvalue weighted by molar-refractivity contribution is 0.0949. The number of hydrogen-bond donors (Lipinski definition) is 2. The second kappa shape index (κ2) is 8.91. The number of carbonyl (C=O) groups is 1. The Morgan fingerprint density at radius 3 is 2.54 bits per heavy atom. The molecule has 1 aromatic carbocycles. The highest BCUT2D eigenvalue weighted by atomic mass is 16.5. The van der Waals surface area contributed by atoms with Crippen LogP contribution in [0.5, 0.6) is 5.75 Å². The van der Waals surface area contributed by atoms with Crippen LogP contribution in [0.4, 0.5) is 5.69 Å². The van der Waals surface area contributed by atoms with E-state index in [1.54, 1.807) is 19.4 Å². The van der Waals surface area contributed by atoms with Crippen molar-refractivity contribution in [2.45, 2.75) is 32.7 Å². The van der Waals surface area contributed by atoms with Crippen molar-refractivity contribution in [1.82, 2.24) is 10.3 Å². The van der Waals surface area contributed by atoms with Gasteiger partial charge in [0.25, 0.3) is 5.91 Å². The average molecular weight is 327 g/mol. The average Bonchev–Trinajstić information content (AvgIpc) is 2.62. The van der Waals surface area contributed by atoms with E-state index in [1.165, 1.54) is 0 Å². The van der Waals surface area contributed by atoms with Gasteiger partial charge in [-0.2, -0.15) is 0 Å². The number of hydrogen-bond acceptors (Lipinski definition) is 4. The molecule has 0 radical (unpaired) electrons. The lowest BCUT2D eigenvalue weighted by Gasteiger charge is -2.12.